The van der Waals surface area contributed by atoms with Gasteiger partial charge in [-0.15, -0.1) is 0 Å². The van der Waals surface area contributed by atoms with Crippen molar-refractivity contribution in [1.82, 2.24) is 0 Å². The van der Waals surface area contributed by atoms with Crippen LogP contribution in [0.15, 0.2) is 0 Å². The van der Waals surface area contributed by atoms with Gasteiger partial charge >= 0.3 is 0 Å². The minimum atomic E-state index is 0.569. The second-order valence-corrected chi connectivity index (χ2v) is 2.17. The highest BCUT2D eigenvalue weighted by Gasteiger charge is 2.32. The van der Waals surface area contributed by atoms with Crippen LogP contribution >= 0.6 is 0 Å². The van der Waals surface area contributed by atoms with Crippen LogP contribution in [-0.4, -0.2) is 12.2 Å². The van der Waals surface area contributed by atoms with Crippen molar-refractivity contribution in [1.29, 1.82) is 0 Å². The van der Waals surface area contributed by atoms with Crippen LogP contribution in [0.5, 0.6) is 0 Å². The van der Waals surface area contributed by atoms with Gasteiger partial charge in [-0.2, -0.15) is 0 Å². The molecule has 1 heteroatoms. The first-order valence-electron chi connectivity index (χ1n) is 3.00. The monoisotopic (exact) mass is 100 g/mol. The van der Waals surface area contributed by atoms with E-state index in [-0.39, 0.29) is 0 Å². The lowest BCUT2D eigenvalue weighted by Gasteiger charge is -1.81. The summed E-state index contributed by atoms with van der Waals surface area (Å²) in [6, 6.07) is 0. The van der Waals surface area contributed by atoms with Crippen molar-refractivity contribution in [3.8, 4) is 0 Å². The Hall–Kier alpha value is -0.0400. The topological polar surface area (TPSA) is 12.5 Å². The summed E-state index contributed by atoms with van der Waals surface area (Å²) in [5, 5.41) is 0. The summed E-state index contributed by atoms with van der Waals surface area (Å²) in [5.74, 6) is 0. The standard InChI is InChI=1S/C6H12O/c1-3-4-6-5(2)7-6/h5-6H,3-4H2,1-2H3/t5-,6+/m0/s1. The number of hydrogen-bond donors (Lipinski definition) is 0. The Balaban J connectivity index is 1.98. The molecule has 0 radical (unpaired) electrons. The molecule has 1 nitrogen and oxygen atoms in total. The van der Waals surface area contributed by atoms with Gasteiger partial charge < -0.3 is 4.74 Å². The molecule has 1 aliphatic rings. The molecule has 0 aromatic rings. The third kappa shape index (κ3) is 1.16. The van der Waals surface area contributed by atoms with Gasteiger partial charge in [0.15, 0.2) is 0 Å². The Morgan fingerprint density at radius 2 is 2.14 bits per heavy atom. The van der Waals surface area contributed by atoms with Crippen molar-refractivity contribution >= 4 is 0 Å². The highest BCUT2D eigenvalue weighted by atomic mass is 16.6. The maximum absolute atomic E-state index is 5.16. The van der Waals surface area contributed by atoms with Gasteiger partial charge in [0.2, 0.25) is 0 Å². The van der Waals surface area contributed by atoms with E-state index >= 15 is 0 Å². The fourth-order valence-electron chi connectivity index (χ4n) is 0.818. The summed E-state index contributed by atoms with van der Waals surface area (Å²) in [4.78, 5) is 0. The fourth-order valence-corrected chi connectivity index (χ4v) is 0.818. The molecule has 1 heterocycles. The van der Waals surface area contributed by atoms with E-state index in [0.717, 1.165) is 0 Å². The Kier molecular flexibility index (Phi) is 1.33. The largest absolute Gasteiger partial charge is 0.370 e. The maximum Gasteiger partial charge on any atom is 0.0838 e. The second-order valence-electron chi connectivity index (χ2n) is 2.17. The van der Waals surface area contributed by atoms with E-state index in [1.165, 1.54) is 12.8 Å². The number of hydrogen-bond acceptors (Lipinski definition) is 1. The smallest absolute Gasteiger partial charge is 0.0838 e. The molecular weight excluding hydrogens is 88.1 g/mol. The predicted molar refractivity (Wildman–Crippen MR) is 29.2 cm³/mol. The van der Waals surface area contributed by atoms with Gasteiger partial charge in [-0.05, 0) is 13.3 Å². The van der Waals surface area contributed by atoms with E-state index in [4.69, 9.17) is 4.74 Å². The van der Waals surface area contributed by atoms with Crippen LogP contribution in [0, 0.1) is 0 Å². The molecule has 1 fully saturated rings. The van der Waals surface area contributed by atoms with E-state index in [1.54, 1.807) is 0 Å². The Morgan fingerprint density at radius 3 is 2.29 bits per heavy atom. The van der Waals surface area contributed by atoms with Crippen LogP contribution in [-0.2, 0) is 4.74 Å². The van der Waals surface area contributed by atoms with Gasteiger partial charge in [0, 0.05) is 0 Å². The first kappa shape index (κ1) is 5.10. The second kappa shape index (κ2) is 1.83. The summed E-state index contributed by atoms with van der Waals surface area (Å²) in [6.07, 6.45) is 3.70. The highest BCUT2D eigenvalue weighted by molar-refractivity contribution is 4.78. The number of rotatable bonds is 2. The summed E-state index contributed by atoms with van der Waals surface area (Å²) in [6.45, 7) is 4.31. The van der Waals surface area contributed by atoms with E-state index in [9.17, 15) is 0 Å². The van der Waals surface area contributed by atoms with E-state index in [2.05, 4.69) is 13.8 Å². The van der Waals surface area contributed by atoms with Crippen molar-refractivity contribution < 1.29 is 4.74 Å². The lowest BCUT2D eigenvalue weighted by Crippen LogP contribution is -1.85. The first-order chi connectivity index (χ1) is 3.34. The molecule has 0 saturated carbocycles. The summed E-state index contributed by atoms with van der Waals surface area (Å²) in [5.41, 5.74) is 0. The van der Waals surface area contributed by atoms with Crippen LogP contribution in [0.3, 0.4) is 0 Å². The molecule has 0 N–H and O–H groups in total. The van der Waals surface area contributed by atoms with Crippen LogP contribution < -0.4 is 0 Å². The fraction of sp³-hybridized carbons (Fsp3) is 1.00. The minimum Gasteiger partial charge on any atom is -0.370 e. The quantitative estimate of drug-likeness (QED) is 0.480. The molecule has 1 rings (SSSR count). The molecule has 7 heavy (non-hydrogen) atoms. The highest BCUT2D eigenvalue weighted by Crippen LogP contribution is 2.24. The number of epoxide rings is 1. The maximum atomic E-state index is 5.16. The molecule has 42 valence electrons. The molecule has 0 bridgehead atoms. The van der Waals surface area contributed by atoms with Crippen molar-refractivity contribution in [2.75, 3.05) is 0 Å². The van der Waals surface area contributed by atoms with Gasteiger partial charge in [0.05, 0.1) is 12.2 Å². The zero-order valence-electron chi connectivity index (χ0n) is 4.98. The van der Waals surface area contributed by atoms with Gasteiger partial charge in [-0.3, -0.25) is 0 Å². The minimum absolute atomic E-state index is 0.569. The lowest BCUT2D eigenvalue weighted by molar-refractivity contribution is 0.369. The number of ether oxygens (including phenoxy) is 1. The average Bonchev–Trinajstić information content (AvgIpc) is 2.22. The summed E-state index contributed by atoms with van der Waals surface area (Å²) < 4.78 is 5.16. The van der Waals surface area contributed by atoms with E-state index < -0.39 is 0 Å². The van der Waals surface area contributed by atoms with E-state index in [0.29, 0.717) is 12.2 Å². The zero-order chi connectivity index (χ0) is 5.28. The summed E-state index contributed by atoms with van der Waals surface area (Å²) >= 11 is 0. The van der Waals surface area contributed by atoms with Gasteiger partial charge in [-0.25, -0.2) is 0 Å². The van der Waals surface area contributed by atoms with Gasteiger partial charge in [0.1, 0.15) is 0 Å². The molecule has 1 aliphatic heterocycles. The molecular formula is C6H12O. The molecule has 0 amide bonds. The third-order valence-electron chi connectivity index (χ3n) is 1.41. The lowest BCUT2D eigenvalue weighted by atomic mass is 10.2. The SMILES string of the molecule is CCC[C@H]1O[C@H]1C. The van der Waals surface area contributed by atoms with Crippen molar-refractivity contribution in [3.05, 3.63) is 0 Å². The molecule has 1 saturated heterocycles. The Bertz CT molecular complexity index is 61.2. The first-order valence-corrected chi connectivity index (χ1v) is 3.00. The molecule has 0 spiro atoms. The Labute approximate surface area is 44.7 Å². The Morgan fingerprint density at radius 1 is 1.57 bits per heavy atom. The molecule has 0 aromatic carbocycles. The normalized spacial score (nSPS) is 38.6. The van der Waals surface area contributed by atoms with Gasteiger partial charge in [-0.1, -0.05) is 13.3 Å². The molecule has 2 atom stereocenters. The average molecular weight is 100 g/mol. The predicted octanol–water partition coefficient (Wildman–Crippen LogP) is 1.57. The van der Waals surface area contributed by atoms with Crippen molar-refractivity contribution in [3.63, 3.8) is 0 Å². The van der Waals surface area contributed by atoms with Crippen molar-refractivity contribution in [2.45, 2.75) is 38.9 Å². The van der Waals surface area contributed by atoms with E-state index in [1.807, 2.05) is 0 Å². The molecule has 0 aliphatic carbocycles. The van der Waals surface area contributed by atoms with Gasteiger partial charge in [0.25, 0.3) is 0 Å². The third-order valence-corrected chi connectivity index (χ3v) is 1.41. The molecule has 0 aromatic heterocycles. The molecule has 0 unspecified atom stereocenters. The van der Waals surface area contributed by atoms with Crippen LogP contribution in [0.2, 0.25) is 0 Å². The zero-order valence-corrected chi connectivity index (χ0v) is 4.98. The van der Waals surface area contributed by atoms with Crippen LogP contribution in [0.4, 0.5) is 0 Å². The van der Waals surface area contributed by atoms with Crippen LogP contribution in [0.25, 0.3) is 0 Å². The van der Waals surface area contributed by atoms with Crippen LogP contribution in [0.1, 0.15) is 26.7 Å². The summed E-state index contributed by atoms with van der Waals surface area (Å²) in [7, 11) is 0. The van der Waals surface area contributed by atoms with Crippen molar-refractivity contribution in [2.24, 2.45) is 0 Å².